The molecule has 170 valence electrons. The molecule has 0 aliphatic carbocycles. The predicted molar refractivity (Wildman–Crippen MR) is 118 cm³/mol. The molecule has 0 saturated carbocycles. The number of rotatable bonds is 21. The van der Waals surface area contributed by atoms with Crippen LogP contribution in [0.25, 0.3) is 0 Å². The standard InChI is InChI=1S/C23H48O4S.K/c1-3-5-7-9-11-13-15-17-19-21-23(24,28(25,26)27)22-20-18-16-14-12-10-8-6-4-2;/h24H,3-22H2,1-2H3,(H,25,26,27);/q;+1/p-1. The number of hydrogen-bond donors (Lipinski definition) is 1. The van der Waals surface area contributed by atoms with Crippen LogP contribution in [0.4, 0.5) is 0 Å². The van der Waals surface area contributed by atoms with E-state index < -0.39 is 15.1 Å². The topological polar surface area (TPSA) is 77.4 Å². The molecular weight excluding hydrogens is 411 g/mol. The Labute approximate surface area is 224 Å². The van der Waals surface area contributed by atoms with Gasteiger partial charge in [-0.05, 0) is 25.7 Å². The summed E-state index contributed by atoms with van der Waals surface area (Å²) in [7, 11) is -4.67. The second-order valence-electron chi connectivity index (χ2n) is 8.56. The number of unbranched alkanes of at least 4 members (excludes halogenated alkanes) is 16. The maximum Gasteiger partial charge on any atom is 1.00 e. The Morgan fingerprint density at radius 2 is 0.828 bits per heavy atom. The van der Waals surface area contributed by atoms with Gasteiger partial charge in [-0.3, -0.25) is 0 Å². The first kappa shape index (κ1) is 32.7. The van der Waals surface area contributed by atoms with Crippen molar-refractivity contribution in [2.24, 2.45) is 0 Å². The van der Waals surface area contributed by atoms with E-state index in [0.717, 1.165) is 38.5 Å². The van der Waals surface area contributed by atoms with Crippen molar-refractivity contribution in [1.29, 1.82) is 0 Å². The van der Waals surface area contributed by atoms with Crippen LogP contribution >= 0.6 is 0 Å². The van der Waals surface area contributed by atoms with Gasteiger partial charge in [0.2, 0.25) is 0 Å². The molecule has 0 heterocycles. The van der Waals surface area contributed by atoms with Gasteiger partial charge in [-0.25, -0.2) is 8.42 Å². The zero-order valence-corrected chi connectivity index (χ0v) is 23.7. The molecule has 0 spiro atoms. The van der Waals surface area contributed by atoms with Gasteiger partial charge in [0.1, 0.15) is 10.1 Å². The summed E-state index contributed by atoms with van der Waals surface area (Å²) in [5.74, 6) is 0. The fourth-order valence-corrected chi connectivity index (χ4v) is 4.59. The summed E-state index contributed by atoms with van der Waals surface area (Å²) in [6.45, 7) is 4.42. The van der Waals surface area contributed by atoms with Crippen LogP contribution in [0.3, 0.4) is 0 Å². The predicted octanol–water partition coefficient (Wildman–Crippen LogP) is 4.07. The average molecular weight is 459 g/mol. The Bertz CT molecular complexity index is 418. The van der Waals surface area contributed by atoms with Crippen molar-refractivity contribution in [2.45, 2.75) is 147 Å². The molecule has 0 aliphatic heterocycles. The van der Waals surface area contributed by atoms with E-state index in [-0.39, 0.29) is 64.2 Å². The van der Waals surface area contributed by atoms with Crippen molar-refractivity contribution in [3.8, 4) is 0 Å². The fraction of sp³-hybridized carbons (Fsp3) is 1.00. The van der Waals surface area contributed by atoms with Gasteiger partial charge in [-0.15, -0.1) is 0 Å². The smallest absolute Gasteiger partial charge is 0.746 e. The molecule has 0 rings (SSSR count). The molecule has 0 radical (unpaired) electrons. The first-order chi connectivity index (χ1) is 13.4. The minimum Gasteiger partial charge on any atom is -0.746 e. The van der Waals surface area contributed by atoms with E-state index in [1.807, 2.05) is 0 Å². The minimum atomic E-state index is -4.67. The van der Waals surface area contributed by atoms with E-state index >= 15 is 0 Å². The second-order valence-corrected chi connectivity index (χ2v) is 10.2. The average Bonchev–Trinajstić information content (AvgIpc) is 2.64. The van der Waals surface area contributed by atoms with Gasteiger partial charge in [-0.2, -0.15) is 0 Å². The Morgan fingerprint density at radius 3 is 1.07 bits per heavy atom. The molecule has 0 aromatic carbocycles. The van der Waals surface area contributed by atoms with Crippen LogP contribution in [0.15, 0.2) is 0 Å². The largest absolute Gasteiger partial charge is 1.00 e. The molecular formula is C23H47KO4S. The molecule has 29 heavy (non-hydrogen) atoms. The normalized spacial score (nSPS) is 12.1. The summed E-state index contributed by atoms with van der Waals surface area (Å²) in [6, 6.07) is 0. The Balaban J connectivity index is 0. The summed E-state index contributed by atoms with van der Waals surface area (Å²) in [4.78, 5) is -2.06. The zero-order chi connectivity index (χ0) is 21.1. The summed E-state index contributed by atoms with van der Waals surface area (Å²) < 4.78 is 34.7. The Kier molecular flexibility index (Phi) is 24.1. The third-order valence-corrected chi connectivity index (χ3v) is 7.15. The molecule has 0 bridgehead atoms. The SMILES string of the molecule is CCCCCCCCCCCC(O)(CCCCCCCCCCC)S(=O)(=O)[O-].[K+]. The fourth-order valence-electron chi connectivity index (χ4n) is 3.80. The Morgan fingerprint density at radius 1 is 0.586 bits per heavy atom. The molecule has 0 atom stereocenters. The van der Waals surface area contributed by atoms with Crippen molar-refractivity contribution in [3.63, 3.8) is 0 Å². The van der Waals surface area contributed by atoms with Crippen molar-refractivity contribution >= 4 is 10.1 Å². The summed E-state index contributed by atoms with van der Waals surface area (Å²) in [6.07, 6.45) is 20.3. The third kappa shape index (κ3) is 18.7. The van der Waals surface area contributed by atoms with Crippen molar-refractivity contribution in [2.75, 3.05) is 0 Å². The molecule has 1 N–H and O–H groups in total. The van der Waals surface area contributed by atoms with Gasteiger partial charge < -0.3 is 9.66 Å². The van der Waals surface area contributed by atoms with E-state index in [9.17, 15) is 18.1 Å². The zero-order valence-electron chi connectivity index (χ0n) is 19.7. The molecule has 0 aromatic rings. The van der Waals surface area contributed by atoms with Gasteiger partial charge in [0.05, 0.1) is 0 Å². The van der Waals surface area contributed by atoms with Gasteiger partial charge in [0.25, 0.3) is 0 Å². The van der Waals surface area contributed by atoms with Crippen LogP contribution in [0.5, 0.6) is 0 Å². The van der Waals surface area contributed by atoms with Crippen LogP contribution < -0.4 is 51.4 Å². The van der Waals surface area contributed by atoms with E-state index in [1.54, 1.807) is 0 Å². The van der Waals surface area contributed by atoms with Crippen molar-refractivity contribution < 1.29 is 69.5 Å². The van der Waals surface area contributed by atoms with Crippen LogP contribution in [0.1, 0.15) is 142 Å². The molecule has 0 saturated heterocycles. The first-order valence-corrected chi connectivity index (χ1v) is 13.5. The number of hydrogen-bond acceptors (Lipinski definition) is 4. The van der Waals surface area contributed by atoms with Crippen LogP contribution in [0.2, 0.25) is 0 Å². The van der Waals surface area contributed by atoms with Crippen molar-refractivity contribution in [3.05, 3.63) is 0 Å². The van der Waals surface area contributed by atoms with E-state index in [2.05, 4.69) is 13.8 Å². The van der Waals surface area contributed by atoms with Gasteiger partial charge in [0, 0.05) is 0 Å². The van der Waals surface area contributed by atoms with Crippen molar-refractivity contribution in [1.82, 2.24) is 0 Å². The van der Waals surface area contributed by atoms with Gasteiger partial charge in [0.15, 0.2) is 4.93 Å². The summed E-state index contributed by atoms with van der Waals surface area (Å²) in [5, 5.41) is 10.4. The molecule has 0 amide bonds. The third-order valence-electron chi connectivity index (χ3n) is 5.81. The van der Waals surface area contributed by atoms with E-state index in [4.69, 9.17) is 0 Å². The summed E-state index contributed by atoms with van der Waals surface area (Å²) >= 11 is 0. The van der Waals surface area contributed by atoms with Gasteiger partial charge >= 0.3 is 51.4 Å². The molecule has 0 aromatic heterocycles. The second kappa shape index (κ2) is 21.4. The maximum atomic E-state index is 11.6. The number of aliphatic hydroxyl groups is 1. The monoisotopic (exact) mass is 458 g/mol. The first-order valence-electron chi connectivity index (χ1n) is 12.0. The quantitative estimate of drug-likeness (QED) is 0.160. The molecule has 4 nitrogen and oxygen atoms in total. The van der Waals surface area contributed by atoms with Crippen LogP contribution in [-0.4, -0.2) is 23.0 Å². The summed E-state index contributed by atoms with van der Waals surface area (Å²) in [5.41, 5.74) is 0. The maximum absolute atomic E-state index is 11.6. The van der Waals surface area contributed by atoms with Crippen LogP contribution in [0, 0.1) is 0 Å². The molecule has 0 aliphatic rings. The molecule has 6 heteroatoms. The minimum absolute atomic E-state index is 0. The van der Waals surface area contributed by atoms with E-state index in [0.29, 0.717) is 12.8 Å². The molecule has 0 unspecified atom stereocenters. The van der Waals surface area contributed by atoms with Gasteiger partial charge in [-0.1, -0.05) is 117 Å². The van der Waals surface area contributed by atoms with E-state index in [1.165, 1.54) is 64.2 Å². The van der Waals surface area contributed by atoms with Crippen LogP contribution in [-0.2, 0) is 10.1 Å². The molecule has 0 fully saturated rings. The Hall–Kier alpha value is 1.51.